The summed E-state index contributed by atoms with van der Waals surface area (Å²) < 4.78 is 1.80. The Hall–Kier alpha value is -2.63. The summed E-state index contributed by atoms with van der Waals surface area (Å²) in [6.07, 6.45) is 6.21. The van der Waals surface area contributed by atoms with Crippen LogP contribution in [0, 0.1) is 5.92 Å². The second kappa shape index (κ2) is 6.64. The van der Waals surface area contributed by atoms with Gasteiger partial charge in [0.05, 0.1) is 6.54 Å². The Bertz CT molecular complexity index is 676. The van der Waals surface area contributed by atoms with Crippen molar-refractivity contribution in [2.75, 3.05) is 0 Å². The molecule has 1 aliphatic rings. The summed E-state index contributed by atoms with van der Waals surface area (Å²) in [7, 11) is 0. The largest absolute Gasteiger partial charge is 0.480 e. The number of carbonyl (C=O) groups excluding carboxylic acids is 1. The minimum atomic E-state index is -0.972. The molecule has 1 atom stereocenters. The van der Waals surface area contributed by atoms with Crippen molar-refractivity contribution >= 4 is 11.9 Å². The topological polar surface area (TPSA) is 84.2 Å². The fourth-order valence-electron chi connectivity index (χ4n) is 2.49. The van der Waals surface area contributed by atoms with Gasteiger partial charge in [0.1, 0.15) is 6.04 Å². The molecule has 1 amide bonds. The molecule has 1 fully saturated rings. The molecule has 1 aliphatic carbocycles. The fraction of sp³-hybridized carbons (Fsp3) is 0.353. The van der Waals surface area contributed by atoms with Crippen LogP contribution in [-0.4, -0.2) is 32.8 Å². The molecule has 1 aromatic carbocycles. The van der Waals surface area contributed by atoms with Crippen LogP contribution in [0.1, 0.15) is 35.2 Å². The van der Waals surface area contributed by atoms with E-state index in [9.17, 15) is 14.7 Å². The Morgan fingerprint density at radius 1 is 1.30 bits per heavy atom. The van der Waals surface area contributed by atoms with Crippen LogP contribution in [-0.2, 0) is 11.3 Å². The molecule has 0 spiro atoms. The molecule has 1 unspecified atom stereocenters. The number of benzene rings is 1. The van der Waals surface area contributed by atoms with Crippen molar-refractivity contribution in [1.82, 2.24) is 15.1 Å². The van der Waals surface area contributed by atoms with Crippen LogP contribution in [0.5, 0.6) is 0 Å². The number of carboxylic acids is 1. The van der Waals surface area contributed by atoms with E-state index in [1.165, 1.54) is 0 Å². The van der Waals surface area contributed by atoms with Crippen molar-refractivity contribution in [3.63, 3.8) is 0 Å². The van der Waals surface area contributed by atoms with Gasteiger partial charge in [-0.15, -0.1) is 0 Å². The van der Waals surface area contributed by atoms with E-state index in [2.05, 4.69) is 10.4 Å². The number of nitrogens with zero attached hydrogens (tertiary/aromatic N) is 2. The lowest BCUT2D eigenvalue weighted by Gasteiger charge is -2.14. The van der Waals surface area contributed by atoms with Gasteiger partial charge < -0.3 is 10.4 Å². The van der Waals surface area contributed by atoms with Crippen molar-refractivity contribution in [1.29, 1.82) is 0 Å². The fourth-order valence-corrected chi connectivity index (χ4v) is 2.49. The van der Waals surface area contributed by atoms with Gasteiger partial charge in [-0.2, -0.15) is 5.10 Å². The first-order valence-corrected chi connectivity index (χ1v) is 7.72. The highest BCUT2D eigenvalue weighted by Crippen LogP contribution is 2.33. The number of carbonyl (C=O) groups is 2. The first-order chi connectivity index (χ1) is 11.1. The van der Waals surface area contributed by atoms with Gasteiger partial charge in [-0.3, -0.25) is 9.48 Å². The standard InChI is InChI=1S/C17H19N3O3/c21-16(19-15(17(22)23)10-12-2-3-12)14-6-4-13(5-7-14)11-20-9-1-8-18-20/h1,4-9,12,15H,2-3,10-11H2,(H,19,21)(H,22,23). The zero-order valence-electron chi connectivity index (χ0n) is 12.7. The van der Waals surface area contributed by atoms with Crippen LogP contribution >= 0.6 is 0 Å². The van der Waals surface area contributed by atoms with Gasteiger partial charge in [0, 0.05) is 18.0 Å². The van der Waals surface area contributed by atoms with Crippen LogP contribution in [0.4, 0.5) is 0 Å². The molecule has 0 aliphatic heterocycles. The third kappa shape index (κ3) is 4.18. The van der Waals surface area contributed by atoms with Gasteiger partial charge in [-0.05, 0) is 36.1 Å². The molecule has 2 N–H and O–H groups in total. The van der Waals surface area contributed by atoms with E-state index < -0.39 is 12.0 Å². The minimum absolute atomic E-state index is 0.344. The summed E-state index contributed by atoms with van der Waals surface area (Å²) >= 11 is 0. The number of carboxylic acid groups (broad SMARTS) is 1. The monoisotopic (exact) mass is 313 g/mol. The molecule has 0 bridgehead atoms. The number of rotatable bonds is 7. The van der Waals surface area contributed by atoms with E-state index in [-0.39, 0.29) is 5.91 Å². The first-order valence-electron chi connectivity index (χ1n) is 7.72. The quantitative estimate of drug-likeness (QED) is 0.818. The Morgan fingerprint density at radius 2 is 2.04 bits per heavy atom. The van der Waals surface area contributed by atoms with Crippen LogP contribution in [0.15, 0.2) is 42.7 Å². The molecule has 23 heavy (non-hydrogen) atoms. The summed E-state index contributed by atoms with van der Waals surface area (Å²) in [4.78, 5) is 23.4. The predicted octanol–water partition coefficient (Wildman–Crippen LogP) is 1.91. The van der Waals surface area contributed by atoms with Crippen LogP contribution in [0.25, 0.3) is 0 Å². The second-order valence-corrected chi connectivity index (χ2v) is 5.94. The van der Waals surface area contributed by atoms with Crippen molar-refractivity contribution in [3.8, 4) is 0 Å². The third-order valence-electron chi connectivity index (χ3n) is 3.99. The Balaban J connectivity index is 1.61. The number of amides is 1. The van der Waals surface area contributed by atoms with E-state index in [0.717, 1.165) is 18.4 Å². The van der Waals surface area contributed by atoms with Gasteiger partial charge in [-0.1, -0.05) is 25.0 Å². The molecular formula is C17H19N3O3. The molecule has 6 heteroatoms. The minimum Gasteiger partial charge on any atom is -0.480 e. The lowest BCUT2D eigenvalue weighted by Crippen LogP contribution is -2.41. The van der Waals surface area contributed by atoms with Gasteiger partial charge in [0.2, 0.25) is 0 Å². The normalized spacial score (nSPS) is 15.1. The SMILES string of the molecule is O=C(NC(CC1CC1)C(=O)O)c1ccc(Cn2cccn2)cc1. The smallest absolute Gasteiger partial charge is 0.326 e. The van der Waals surface area contributed by atoms with Crippen molar-refractivity contribution in [3.05, 3.63) is 53.9 Å². The zero-order valence-corrected chi connectivity index (χ0v) is 12.7. The summed E-state index contributed by atoms with van der Waals surface area (Å²) in [5.74, 6) is -0.878. The van der Waals surface area contributed by atoms with Gasteiger partial charge in [0.25, 0.3) is 5.91 Å². The van der Waals surface area contributed by atoms with Gasteiger partial charge in [0.15, 0.2) is 0 Å². The van der Waals surface area contributed by atoms with E-state index in [1.807, 2.05) is 24.4 Å². The average Bonchev–Trinajstić information content (AvgIpc) is 3.21. The molecule has 2 aromatic rings. The highest BCUT2D eigenvalue weighted by atomic mass is 16.4. The van der Waals surface area contributed by atoms with Crippen LogP contribution in [0.2, 0.25) is 0 Å². The van der Waals surface area contributed by atoms with E-state index >= 15 is 0 Å². The highest BCUT2D eigenvalue weighted by molar-refractivity contribution is 5.96. The Labute approximate surface area is 134 Å². The number of nitrogens with one attached hydrogen (secondary N) is 1. The molecule has 1 saturated carbocycles. The van der Waals surface area contributed by atoms with Crippen molar-refractivity contribution in [2.45, 2.75) is 31.8 Å². The van der Waals surface area contributed by atoms with Crippen molar-refractivity contribution < 1.29 is 14.7 Å². The average molecular weight is 313 g/mol. The number of hydrogen-bond donors (Lipinski definition) is 2. The maximum atomic E-state index is 12.2. The first kappa shape index (κ1) is 15.3. The predicted molar refractivity (Wildman–Crippen MR) is 84.0 cm³/mol. The lowest BCUT2D eigenvalue weighted by molar-refractivity contribution is -0.139. The summed E-state index contributed by atoms with van der Waals surface area (Å²) in [6.45, 7) is 0.633. The van der Waals surface area contributed by atoms with Crippen molar-refractivity contribution in [2.24, 2.45) is 5.92 Å². The maximum Gasteiger partial charge on any atom is 0.326 e. The second-order valence-electron chi connectivity index (χ2n) is 5.94. The summed E-state index contributed by atoms with van der Waals surface area (Å²) in [5, 5.41) is 16.0. The van der Waals surface area contributed by atoms with Crippen LogP contribution in [0.3, 0.4) is 0 Å². The molecule has 0 saturated heterocycles. The third-order valence-corrected chi connectivity index (χ3v) is 3.99. The number of hydrogen-bond acceptors (Lipinski definition) is 3. The molecule has 3 rings (SSSR count). The number of aliphatic carboxylic acids is 1. The lowest BCUT2D eigenvalue weighted by atomic mass is 10.1. The molecular weight excluding hydrogens is 294 g/mol. The molecule has 120 valence electrons. The van der Waals surface area contributed by atoms with E-state index in [4.69, 9.17) is 0 Å². The molecule has 1 heterocycles. The van der Waals surface area contributed by atoms with Crippen LogP contribution < -0.4 is 5.32 Å². The molecule has 6 nitrogen and oxygen atoms in total. The Morgan fingerprint density at radius 3 is 2.61 bits per heavy atom. The highest BCUT2D eigenvalue weighted by Gasteiger charge is 2.30. The van der Waals surface area contributed by atoms with Gasteiger partial charge in [-0.25, -0.2) is 4.79 Å². The number of aromatic nitrogens is 2. The van der Waals surface area contributed by atoms with E-state index in [1.54, 1.807) is 23.0 Å². The summed E-state index contributed by atoms with van der Waals surface area (Å²) in [5.41, 5.74) is 1.49. The maximum absolute atomic E-state index is 12.2. The Kier molecular flexibility index (Phi) is 4.41. The zero-order chi connectivity index (χ0) is 16.2. The van der Waals surface area contributed by atoms with E-state index in [0.29, 0.717) is 24.4 Å². The molecule has 0 radical (unpaired) electrons. The van der Waals surface area contributed by atoms with Gasteiger partial charge >= 0.3 is 5.97 Å². The molecule has 1 aromatic heterocycles. The summed E-state index contributed by atoms with van der Waals surface area (Å²) in [6, 6.07) is 8.18.